The number of carboxylic acid groups (broad SMARTS) is 2. The molecule has 1 aromatic heterocycles. The molecule has 2 N–H and O–H groups in total. The highest BCUT2D eigenvalue weighted by Gasteiger charge is 2.10. The average Bonchev–Trinajstić information content (AvgIpc) is 2.82. The van der Waals surface area contributed by atoms with Crippen LogP contribution in [0.15, 0.2) is 35.6 Å². The largest absolute Gasteiger partial charge is 0.478 e. The average molecular weight is 493 g/mol. The Bertz CT molecular complexity index is 783. The van der Waals surface area contributed by atoms with Gasteiger partial charge in [-0.1, -0.05) is 52.4 Å². The maximum atomic E-state index is 11.8. The van der Waals surface area contributed by atoms with Gasteiger partial charge in [0.15, 0.2) is 5.75 Å². The zero-order chi connectivity index (χ0) is 26.5. The SMILES string of the molecule is CCCCCCN(C=Nc1ccncc1OC(=O)N(C)C)CCCCCC.O=C(O)/C=C\C(=O)O. The van der Waals surface area contributed by atoms with Crippen LogP contribution in [0.3, 0.4) is 0 Å². The van der Waals surface area contributed by atoms with Gasteiger partial charge in [-0.3, -0.25) is 4.98 Å². The number of ether oxygens (including phenoxy) is 1. The third-order valence-electron chi connectivity index (χ3n) is 4.65. The minimum atomic E-state index is -1.26. The summed E-state index contributed by atoms with van der Waals surface area (Å²) in [7, 11) is 3.30. The third kappa shape index (κ3) is 17.7. The maximum Gasteiger partial charge on any atom is 0.414 e. The fourth-order valence-corrected chi connectivity index (χ4v) is 2.74. The van der Waals surface area contributed by atoms with Gasteiger partial charge in [-0.05, 0) is 18.9 Å². The number of nitrogens with zero attached hydrogens (tertiary/aromatic N) is 4. The lowest BCUT2D eigenvalue weighted by Crippen LogP contribution is -2.25. The van der Waals surface area contributed by atoms with E-state index in [2.05, 4.69) is 28.7 Å². The molecule has 0 aliphatic heterocycles. The van der Waals surface area contributed by atoms with Crippen molar-refractivity contribution in [1.82, 2.24) is 14.8 Å². The van der Waals surface area contributed by atoms with Gasteiger partial charge < -0.3 is 24.7 Å². The molecule has 1 aromatic rings. The van der Waals surface area contributed by atoms with Crippen molar-refractivity contribution in [2.45, 2.75) is 65.2 Å². The van der Waals surface area contributed by atoms with E-state index in [4.69, 9.17) is 14.9 Å². The molecule has 0 fully saturated rings. The van der Waals surface area contributed by atoms with Gasteiger partial charge >= 0.3 is 18.0 Å². The summed E-state index contributed by atoms with van der Waals surface area (Å²) in [6.07, 6.45) is 15.6. The van der Waals surface area contributed by atoms with Gasteiger partial charge in [-0.15, -0.1) is 0 Å². The molecule has 1 heterocycles. The molecule has 0 saturated carbocycles. The zero-order valence-corrected chi connectivity index (χ0v) is 21.4. The normalized spacial score (nSPS) is 10.6. The molecular weight excluding hydrogens is 452 g/mol. The Morgan fingerprint density at radius 1 is 0.943 bits per heavy atom. The van der Waals surface area contributed by atoms with Gasteiger partial charge in [0.25, 0.3) is 0 Å². The monoisotopic (exact) mass is 492 g/mol. The highest BCUT2D eigenvalue weighted by atomic mass is 16.6. The molecule has 0 aliphatic rings. The molecule has 10 nitrogen and oxygen atoms in total. The Labute approximate surface area is 208 Å². The van der Waals surface area contributed by atoms with E-state index >= 15 is 0 Å². The topological polar surface area (TPSA) is 133 Å². The summed E-state index contributed by atoms with van der Waals surface area (Å²) in [6, 6.07) is 1.76. The van der Waals surface area contributed by atoms with E-state index in [1.54, 1.807) is 26.4 Å². The van der Waals surface area contributed by atoms with Crippen molar-refractivity contribution in [3.8, 4) is 5.75 Å². The van der Waals surface area contributed by atoms with Gasteiger partial charge in [0, 0.05) is 45.5 Å². The molecule has 196 valence electrons. The van der Waals surface area contributed by atoms with Gasteiger partial charge in [0.2, 0.25) is 0 Å². The summed E-state index contributed by atoms with van der Waals surface area (Å²) in [5.41, 5.74) is 0.618. The fraction of sp³-hybridized carbons (Fsp3) is 0.560. The van der Waals surface area contributed by atoms with Gasteiger partial charge in [0.05, 0.1) is 12.5 Å². The van der Waals surface area contributed by atoms with E-state index in [1.165, 1.54) is 62.5 Å². The predicted molar refractivity (Wildman–Crippen MR) is 136 cm³/mol. The van der Waals surface area contributed by atoms with Crippen LogP contribution < -0.4 is 4.74 Å². The zero-order valence-electron chi connectivity index (χ0n) is 21.4. The number of aliphatic carboxylic acids is 2. The molecule has 10 heteroatoms. The summed E-state index contributed by atoms with van der Waals surface area (Å²) in [6.45, 7) is 6.47. The number of carboxylic acids is 2. The van der Waals surface area contributed by atoms with Crippen molar-refractivity contribution >= 4 is 30.1 Å². The lowest BCUT2D eigenvalue weighted by Gasteiger charge is -2.19. The minimum absolute atomic E-state index is 0.379. The van der Waals surface area contributed by atoms with Crippen LogP contribution in [0, 0.1) is 0 Å². The number of carbonyl (C=O) groups excluding carboxylic acids is 1. The number of rotatable bonds is 15. The number of hydrogen-bond donors (Lipinski definition) is 2. The fourth-order valence-electron chi connectivity index (χ4n) is 2.74. The van der Waals surface area contributed by atoms with E-state index in [9.17, 15) is 14.4 Å². The number of amides is 1. The van der Waals surface area contributed by atoms with Gasteiger partial charge in [-0.25, -0.2) is 19.4 Å². The Kier molecular flexibility index (Phi) is 18.0. The van der Waals surface area contributed by atoms with Crippen LogP contribution in [0.1, 0.15) is 65.2 Å². The molecule has 0 spiro atoms. The number of unbranched alkanes of at least 4 members (excludes halogenated alkanes) is 6. The first-order valence-corrected chi connectivity index (χ1v) is 12.0. The molecule has 1 amide bonds. The Morgan fingerprint density at radius 2 is 1.49 bits per heavy atom. The van der Waals surface area contributed by atoms with Crippen molar-refractivity contribution < 1.29 is 29.3 Å². The lowest BCUT2D eigenvalue weighted by atomic mass is 10.2. The Balaban J connectivity index is 0.00000124. The second kappa shape index (κ2) is 20.0. The maximum absolute atomic E-state index is 11.8. The molecule has 0 saturated heterocycles. The summed E-state index contributed by atoms with van der Waals surface area (Å²) in [5, 5.41) is 15.6. The van der Waals surface area contributed by atoms with Crippen LogP contribution in [0.5, 0.6) is 5.75 Å². The van der Waals surface area contributed by atoms with Crippen molar-refractivity contribution in [2.75, 3.05) is 27.2 Å². The molecule has 35 heavy (non-hydrogen) atoms. The second-order valence-electron chi connectivity index (χ2n) is 8.02. The van der Waals surface area contributed by atoms with Crippen LogP contribution in [-0.2, 0) is 9.59 Å². The van der Waals surface area contributed by atoms with Crippen LogP contribution in [-0.4, -0.2) is 76.6 Å². The minimum Gasteiger partial charge on any atom is -0.478 e. The van der Waals surface area contributed by atoms with E-state index in [0.29, 0.717) is 23.6 Å². The summed E-state index contributed by atoms with van der Waals surface area (Å²) >= 11 is 0. The van der Waals surface area contributed by atoms with Crippen molar-refractivity contribution in [1.29, 1.82) is 0 Å². The number of pyridine rings is 1. The second-order valence-corrected chi connectivity index (χ2v) is 8.02. The highest BCUT2D eigenvalue weighted by Crippen LogP contribution is 2.26. The van der Waals surface area contributed by atoms with Gasteiger partial charge in [0.1, 0.15) is 5.69 Å². The van der Waals surface area contributed by atoms with Crippen LogP contribution >= 0.6 is 0 Å². The molecule has 0 aliphatic carbocycles. The molecule has 0 bridgehead atoms. The van der Waals surface area contributed by atoms with Crippen LogP contribution in [0.4, 0.5) is 10.5 Å². The molecule has 1 rings (SSSR count). The van der Waals surface area contributed by atoms with Crippen molar-refractivity contribution in [3.05, 3.63) is 30.6 Å². The number of aliphatic imine (C=N–C) groups is 1. The standard InChI is InChI=1S/C21H36N4O2.C4H4O4/c1-5-7-9-11-15-25(16-12-10-8-6-2)18-23-19-13-14-22-17-20(19)27-21(26)24(3)4;5-3(6)1-2-4(7)8/h13-14,17-18H,5-12,15-16H2,1-4H3;1-2H,(H,5,6)(H,7,8)/b;2-1-. The predicted octanol–water partition coefficient (Wildman–Crippen LogP) is 4.98. The first kappa shape index (κ1) is 31.6. The van der Waals surface area contributed by atoms with Crippen LogP contribution in [0.25, 0.3) is 0 Å². The summed E-state index contributed by atoms with van der Waals surface area (Å²) < 4.78 is 5.36. The van der Waals surface area contributed by atoms with E-state index in [1.807, 2.05) is 6.34 Å². The summed E-state index contributed by atoms with van der Waals surface area (Å²) in [5.74, 6) is -2.14. The summed E-state index contributed by atoms with van der Waals surface area (Å²) in [4.78, 5) is 43.2. The van der Waals surface area contributed by atoms with E-state index in [-0.39, 0.29) is 0 Å². The highest BCUT2D eigenvalue weighted by molar-refractivity contribution is 5.89. The molecule has 0 atom stereocenters. The van der Waals surface area contributed by atoms with Crippen LogP contribution in [0.2, 0.25) is 0 Å². The van der Waals surface area contributed by atoms with Crippen molar-refractivity contribution in [3.63, 3.8) is 0 Å². The first-order valence-electron chi connectivity index (χ1n) is 12.0. The van der Waals surface area contributed by atoms with Gasteiger partial charge in [-0.2, -0.15) is 0 Å². The first-order chi connectivity index (χ1) is 16.7. The van der Waals surface area contributed by atoms with E-state index < -0.39 is 18.0 Å². The third-order valence-corrected chi connectivity index (χ3v) is 4.65. The Morgan fingerprint density at radius 3 is 1.94 bits per heavy atom. The Hall–Kier alpha value is -3.43. The quantitative estimate of drug-likeness (QED) is 0.152. The molecular formula is C25H40N4O6. The van der Waals surface area contributed by atoms with E-state index in [0.717, 1.165) is 13.1 Å². The number of carbonyl (C=O) groups is 3. The van der Waals surface area contributed by atoms with Crippen molar-refractivity contribution in [2.24, 2.45) is 4.99 Å². The number of hydrogen-bond acceptors (Lipinski definition) is 6. The number of aromatic nitrogens is 1. The smallest absolute Gasteiger partial charge is 0.414 e. The molecule has 0 unspecified atom stereocenters. The molecule has 0 radical (unpaired) electrons. The lowest BCUT2D eigenvalue weighted by molar-refractivity contribution is -0.134. The molecule has 0 aromatic carbocycles.